The molecule has 2 aromatic rings. The molecule has 0 unspecified atom stereocenters. The van der Waals surface area contributed by atoms with Crippen LogP contribution >= 0.6 is 0 Å². The quantitative estimate of drug-likeness (QED) is 0.808. The van der Waals surface area contributed by atoms with Crippen LogP contribution in [0, 0.1) is 0 Å². The van der Waals surface area contributed by atoms with Crippen LogP contribution in [0.25, 0.3) is 11.1 Å². The number of hydrogen-bond acceptors (Lipinski definition) is 3. The van der Waals surface area contributed by atoms with Gasteiger partial charge in [-0.15, -0.1) is 0 Å². The van der Waals surface area contributed by atoms with Gasteiger partial charge in [-0.05, 0) is 18.2 Å². The highest BCUT2D eigenvalue weighted by Gasteiger charge is 2.28. The molecule has 0 fully saturated rings. The fraction of sp³-hybridized carbons (Fsp3) is 0.333. The zero-order valence-electron chi connectivity index (χ0n) is 9.95. The molecule has 0 N–H and O–H groups in total. The molecule has 0 saturated heterocycles. The van der Waals surface area contributed by atoms with Crippen molar-refractivity contribution in [3.05, 3.63) is 34.3 Å². The number of nitrogens with zero attached hydrogens (tertiary/aromatic N) is 1. The van der Waals surface area contributed by atoms with E-state index in [1.807, 2.05) is 0 Å². The summed E-state index contributed by atoms with van der Waals surface area (Å²) in [6, 6.07) is 4.15. The molecule has 7 heteroatoms. The van der Waals surface area contributed by atoms with Crippen LogP contribution in [0.15, 0.2) is 27.4 Å². The summed E-state index contributed by atoms with van der Waals surface area (Å²) >= 11 is 0. The molecule has 0 radical (unpaired) electrons. The first kappa shape index (κ1) is 13.4. The van der Waals surface area contributed by atoms with Crippen molar-refractivity contribution in [1.29, 1.82) is 0 Å². The molecule has 0 aliphatic rings. The first-order valence-corrected chi connectivity index (χ1v) is 5.47. The number of fused-ring (bicyclic) bond motifs is 1. The Morgan fingerprint density at radius 1 is 1.37 bits per heavy atom. The molecule has 1 aromatic carbocycles. The van der Waals surface area contributed by atoms with E-state index in [4.69, 9.17) is 4.42 Å². The number of ketones is 1. The molecule has 0 saturated carbocycles. The van der Waals surface area contributed by atoms with Crippen molar-refractivity contribution in [3.63, 3.8) is 0 Å². The van der Waals surface area contributed by atoms with Crippen LogP contribution in [0.2, 0.25) is 0 Å². The van der Waals surface area contributed by atoms with Crippen LogP contribution in [0.1, 0.15) is 23.2 Å². The number of alkyl halides is 3. The van der Waals surface area contributed by atoms with Crippen LogP contribution in [-0.4, -0.2) is 16.5 Å². The maximum atomic E-state index is 12.0. The molecule has 1 heterocycles. The third-order valence-corrected chi connectivity index (χ3v) is 2.75. The number of benzene rings is 1. The molecule has 0 atom stereocenters. The largest absolute Gasteiger partial charge is 0.419 e. The molecular formula is C12H10F3NO3. The van der Waals surface area contributed by atoms with Crippen LogP contribution in [0.4, 0.5) is 13.2 Å². The Bertz CT molecular complexity index is 682. The summed E-state index contributed by atoms with van der Waals surface area (Å²) in [5, 5.41) is 0. The maximum Gasteiger partial charge on any atom is 0.419 e. The lowest BCUT2D eigenvalue weighted by Gasteiger charge is -2.05. The fourth-order valence-corrected chi connectivity index (χ4v) is 1.71. The highest BCUT2D eigenvalue weighted by molar-refractivity contribution is 5.98. The van der Waals surface area contributed by atoms with Crippen molar-refractivity contribution >= 4 is 16.9 Å². The highest BCUT2D eigenvalue weighted by atomic mass is 19.4. The normalized spacial score (nSPS) is 12.0. The maximum absolute atomic E-state index is 12.0. The third-order valence-electron chi connectivity index (χ3n) is 2.75. The number of carbonyl (C=O) groups is 1. The molecule has 1 aromatic heterocycles. The van der Waals surface area contributed by atoms with Gasteiger partial charge in [0.1, 0.15) is 0 Å². The first-order valence-electron chi connectivity index (χ1n) is 5.47. The number of rotatable bonds is 3. The Morgan fingerprint density at radius 2 is 2.05 bits per heavy atom. The van der Waals surface area contributed by atoms with Gasteiger partial charge in [0, 0.05) is 19.0 Å². The topological polar surface area (TPSA) is 52.2 Å². The lowest BCUT2D eigenvalue weighted by Crippen LogP contribution is -2.11. The van der Waals surface area contributed by atoms with E-state index >= 15 is 0 Å². The number of aryl methyl sites for hydroxylation is 1. The van der Waals surface area contributed by atoms with Gasteiger partial charge in [-0.2, -0.15) is 13.2 Å². The van der Waals surface area contributed by atoms with Crippen molar-refractivity contribution < 1.29 is 22.4 Å². The number of halogens is 3. The van der Waals surface area contributed by atoms with Gasteiger partial charge in [0.05, 0.1) is 11.9 Å². The van der Waals surface area contributed by atoms with E-state index in [1.54, 1.807) is 0 Å². The van der Waals surface area contributed by atoms with Gasteiger partial charge in [0.25, 0.3) is 0 Å². The van der Waals surface area contributed by atoms with Crippen molar-refractivity contribution in [2.24, 2.45) is 7.05 Å². The minimum absolute atomic E-state index is 0.103. The van der Waals surface area contributed by atoms with E-state index in [0.717, 1.165) is 0 Å². The van der Waals surface area contributed by atoms with Gasteiger partial charge in [0.15, 0.2) is 11.4 Å². The molecule has 0 bridgehead atoms. The van der Waals surface area contributed by atoms with Crippen LogP contribution in [-0.2, 0) is 7.05 Å². The Hall–Kier alpha value is -2.05. The second kappa shape index (κ2) is 4.56. The molecule has 2 rings (SSSR count). The van der Waals surface area contributed by atoms with E-state index in [9.17, 15) is 22.8 Å². The number of Topliss-reactive ketones (excluding diaryl/α,β-unsaturated/α-hetero) is 1. The molecule has 0 amide bonds. The van der Waals surface area contributed by atoms with E-state index in [2.05, 4.69) is 0 Å². The van der Waals surface area contributed by atoms with Crippen LogP contribution < -0.4 is 5.76 Å². The minimum Gasteiger partial charge on any atom is -0.408 e. The zero-order chi connectivity index (χ0) is 14.2. The van der Waals surface area contributed by atoms with E-state index < -0.39 is 30.6 Å². The summed E-state index contributed by atoms with van der Waals surface area (Å²) in [6.07, 6.45) is -6.15. The molecule has 102 valence electrons. The Morgan fingerprint density at radius 3 is 2.68 bits per heavy atom. The number of hydrogen-bond donors (Lipinski definition) is 0. The lowest BCUT2D eigenvalue weighted by atomic mass is 10.1. The van der Waals surface area contributed by atoms with E-state index in [-0.39, 0.29) is 11.1 Å². The Labute approximate surface area is 105 Å². The monoisotopic (exact) mass is 273 g/mol. The second-order valence-corrected chi connectivity index (χ2v) is 4.15. The fourth-order valence-electron chi connectivity index (χ4n) is 1.71. The van der Waals surface area contributed by atoms with Gasteiger partial charge in [0.2, 0.25) is 0 Å². The molecule has 0 aliphatic carbocycles. The molecule has 19 heavy (non-hydrogen) atoms. The van der Waals surface area contributed by atoms with Gasteiger partial charge in [-0.25, -0.2) is 4.79 Å². The van der Waals surface area contributed by atoms with Crippen LogP contribution in [0.3, 0.4) is 0 Å². The summed E-state index contributed by atoms with van der Waals surface area (Å²) in [6.45, 7) is 0. The Balaban J connectivity index is 2.26. The summed E-state index contributed by atoms with van der Waals surface area (Å²) in [7, 11) is 1.50. The van der Waals surface area contributed by atoms with Gasteiger partial charge in [-0.3, -0.25) is 9.36 Å². The summed E-state index contributed by atoms with van der Waals surface area (Å²) < 4.78 is 42.2. The Kier molecular flexibility index (Phi) is 3.21. The second-order valence-electron chi connectivity index (χ2n) is 4.15. The first-order chi connectivity index (χ1) is 8.78. The smallest absolute Gasteiger partial charge is 0.408 e. The standard InChI is InChI=1S/C12H10F3NO3/c1-16-8-3-2-7(6-10(8)19-11(16)18)9(17)4-5-12(13,14)15/h2-3,6H,4-5H2,1H3. The number of aromatic nitrogens is 1. The zero-order valence-corrected chi connectivity index (χ0v) is 9.95. The molecule has 0 spiro atoms. The average Bonchev–Trinajstić information content (AvgIpc) is 2.61. The van der Waals surface area contributed by atoms with Crippen molar-refractivity contribution in [3.8, 4) is 0 Å². The molecule has 4 nitrogen and oxygen atoms in total. The lowest BCUT2D eigenvalue weighted by molar-refractivity contribution is -0.133. The number of oxazole rings is 1. The summed E-state index contributed by atoms with van der Waals surface area (Å²) in [5.41, 5.74) is 0.772. The SMILES string of the molecule is Cn1c(=O)oc2cc(C(=O)CCC(F)(F)F)ccc21. The van der Waals surface area contributed by atoms with E-state index in [1.165, 1.54) is 29.8 Å². The minimum atomic E-state index is -4.36. The van der Waals surface area contributed by atoms with Crippen molar-refractivity contribution in [1.82, 2.24) is 4.57 Å². The van der Waals surface area contributed by atoms with Gasteiger partial charge < -0.3 is 4.42 Å². The van der Waals surface area contributed by atoms with Crippen molar-refractivity contribution in [2.75, 3.05) is 0 Å². The third kappa shape index (κ3) is 2.86. The summed E-state index contributed by atoms with van der Waals surface area (Å²) in [5.74, 6) is -1.22. The predicted molar refractivity (Wildman–Crippen MR) is 61.1 cm³/mol. The molecular weight excluding hydrogens is 263 g/mol. The molecule has 0 aliphatic heterocycles. The van der Waals surface area contributed by atoms with Crippen molar-refractivity contribution in [2.45, 2.75) is 19.0 Å². The van der Waals surface area contributed by atoms with Crippen LogP contribution in [0.5, 0.6) is 0 Å². The highest BCUT2D eigenvalue weighted by Crippen LogP contribution is 2.23. The van der Waals surface area contributed by atoms with E-state index in [0.29, 0.717) is 5.52 Å². The average molecular weight is 273 g/mol. The van der Waals surface area contributed by atoms with Gasteiger partial charge in [-0.1, -0.05) is 0 Å². The number of carbonyl (C=O) groups excluding carboxylic acids is 1. The van der Waals surface area contributed by atoms with Gasteiger partial charge >= 0.3 is 11.9 Å². The summed E-state index contributed by atoms with van der Waals surface area (Å²) in [4.78, 5) is 22.8. The predicted octanol–water partition coefficient (Wildman–Crippen LogP) is 2.66.